The van der Waals surface area contributed by atoms with E-state index in [1.165, 1.54) is 6.92 Å². The van der Waals surface area contributed by atoms with Crippen molar-refractivity contribution in [2.45, 2.75) is 51.6 Å². The molecule has 1 aromatic carbocycles. The highest BCUT2D eigenvalue weighted by atomic mass is 16.5. The van der Waals surface area contributed by atoms with Gasteiger partial charge < -0.3 is 14.5 Å². The van der Waals surface area contributed by atoms with Gasteiger partial charge in [-0.2, -0.15) is 0 Å². The minimum atomic E-state index is -0.0320. The molecule has 0 bridgehead atoms. The summed E-state index contributed by atoms with van der Waals surface area (Å²) < 4.78 is 5.73. The number of carbonyl (C=O) groups excluding carboxylic acids is 3. The van der Waals surface area contributed by atoms with E-state index in [4.69, 9.17) is 4.74 Å². The standard InChI is InChI=1S/C23H30N2O4/c1-17(26)18-4-2-5-19(14-18)22(28)24-11-9-23(10-12-24)8-7-21(27)25(16-23)15-20-6-3-13-29-20/h2,4-5,14,20H,3,6-13,15-16H2,1H3/t20-/m1/s1. The summed E-state index contributed by atoms with van der Waals surface area (Å²) in [6.07, 6.45) is 5.65. The van der Waals surface area contributed by atoms with E-state index in [0.29, 0.717) is 37.2 Å². The number of amides is 2. The van der Waals surface area contributed by atoms with Gasteiger partial charge in [-0.25, -0.2) is 0 Å². The number of ether oxygens (including phenoxy) is 1. The molecule has 2 amide bonds. The molecule has 4 rings (SSSR count). The van der Waals surface area contributed by atoms with Gasteiger partial charge in [0.05, 0.1) is 6.10 Å². The Balaban J connectivity index is 1.38. The molecular formula is C23H30N2O4. The van der Waals surface area contributed by atoms with Crippen molar-refractivity contribution < 1.29 is 19.1 Å². The van der Waals surface area contributed by atoms with Crippen molar-refractivity contribution in [1.82, 2.24) is 9.80 Å². The minimum absolute atomic E-state index is 0.00829. The molecule has 3 aliphatic heterocycles. The van der Waals surface area contributed by atoms with Crippen LogP contribution in [0.15, 0.2) is 24.3 Å². The van der Waals surface area contributed by atoms with Crippen LogP contribution in [0.25, 0.3) is 0 Å². The fourth-order valence-electron chi connectivity index (χ4n) is 4.95. The van der Waals surface area contributed by atoms with Crippen LogP contribution in [0.5, 0.6) is 0 Å². The maximum Gasteiger partial charge on any atom is 0.253 e. The molecule has 1 atom stereocenters. The second-order valence-corrected chi connectivity index (χ2v) is 8.84. The summed E-state index contributed by atoms with van der Waals surface area (Å²) in [5.41, 5.74) is 1.26. The fourth-order valence-corrected chi connectivity index (χ4v) is 4.95. The van der Waals surface area contributed by atoms with E-state index >= 15 is 0 Å². The van der Waals surface area contributed by atoms with Gasteiger partial charge in [0.1, 0.15) is 0 Å². The normalized spacial score (nSPS) is 24.2. The van der Waals surface area contributed by atoms with Crippen LogP contribution in [0, 0.1) is 5.41 Å². The zero-order valence-corrected chi connectivity index (χ0v) is 17.2. The summed E-state index contributed by atoms with van der Waals surface area (Å²) in [6, 6.07) is 6.98. The topological polar surface area (TPSA) is 66.9 Å². The second-order valence-electron chi connectivity index (χ2n) is 8.84. The molecule has 0 unspecified atom stereocenters. The van der Waals surface area contributed by atoms with Crippen LogP contribution >= 0.6 is 0 Å². The Labute approximate surface area is 172 Å². The second kappa shape index (κ2) is 8.27. The highest BCUT2D eigenvalue weighted by Gasteiger charge is 2.42. The molecule has 0 N–H and O–H groups in total. The Morgan fingerprint density at radius 3 is 2.62 bits per heavy atom. The van der Waals surface area contributed by atoms with Crippen molar-refractivity contribution >= 4 is 17.6 Å². The number of ketones is 1. The van der Waals surface area contributed by atoms with Gasteiger partial charge in [-0.1, -0.05) is 12.1 Å². The molecule has 0 aromatic heterocycles. The van der Waals surface area contributed by atoms with Crippen LogP contribution in [0.2, 0.25) is 0 Å². The number of Topliss-reactive ketones (excluding diaryl/α,β-unsaturated/α-hetero) is 1. The molecule has 1 spiro atoms. The van der Waals surface area contributed by atoms with E-state index in [-0.39, 0.29) is 29.1 Å². The summed E-state index contributed by atoms with van der Waals surface area (Å²) in [4.78, 5) is 40.9. The molecule has 156 valence electrons. The van der Waals surface area contributed by atoms with Gasteiger partial charge >= 0.3 is 0 Å². The highest BCUT2D eigenvalue weighted by molar-refractivity contribution is 5.99. The molecule has 0 radical (unpaired) electrons. The Morgan fingerprint density at radius 1 is 1.17 bits per heavy atom. The first-order valence-corrected chi connectivity index (χ1v) is 10.8. The van der Waals surface area contributed by atoms with Gasteiger partial charge in [-0.05, 0) is 56.6 Å². The lowest BCUT2D eigenvalue weighted by atomic mass is 9.72. The summed E-state index contributed by atoms with van der Waals surface area (Å²) >= 11 is 0. The van der Waals surface area contributed by atoms with Crippen molar-refractivity contribution in [2.75, 3.05) is 32.8 Å². The molecular weight excluding hydrogens is 368 g/mol. The van der Waals surface area contributed by atoms with Crippen LogP contribution in [-0.2, 0) is 9.53 Å². The van der Waals surface area contributed by atoms with Crippen LogP contribution in [0.4, 0.5) is 0 Å². The number of carbonyl (C=O) groups is 3. The SMILES string of the molecule is CC(=O)c1cccc(C(=O)N2CCC3(CCC(=O)N(C[C@H]4CCCO4)C3)CC2)c1. The molecule has 0 aliphatic carbocycles. The average Bonchev–Trinajstić information content (AvgIpc) is 3.24. The smallest absolute Gasteiger partial charge is 0.253 e. The van der Waals surface area contributed by atoms with Gasteiger partial charge in [-0.3, -0.25) is 14.4 Å². The van der Waals surface area contributed by atoms with Gasteiger partial charge in [0.15, 0.2) is 5.78 Å². The molecule has 3 aliphatic rings. The first-order valence-electron chi connectivity index (χ1n) is 10.8. The fraction of sp³-hybridized carbons (Fsp3) is 0.609. The molecule has 29 heavy (non-hydrogen) atoms. The highest BCUT2D eigenvalue weighted by Crippen LogP contribution is 2.40. The van der Waals surface area contributed by atoms with E-state index in [0.717, 1.165) is 45.3 Å². The van der Waals surface area contributed by atoms with Crippen molar-refractivity contribution in [3.63, 3.8) is 0 Å². The lowest BCUT2D eigenvalue weighted by Gasteiger charge is -2.47. The van der Waals surface area contributed by atoms with E-state index < -0.39 is 0 Å². The minimum Gasteiger partial charge on any atom is -0.376 e. The van der Waals surface area contributed by atoms with Gasteiger partial charge in [0, 0.05) is 50.3 Å². The molecule has 3 saturated heterocycles. The zero-order valence-electron chi connectivity index (χ0n) is 17.2. The van der Waals surface area contributed by atoms with Gasteiger partial charge in [-0.15, -0.1) is 0 Å². The third kappa shape index (κ3) is 4.37. The monoisotopic (exact) mass is 398 g/mol. The zero-order chi connectivity index (χ0) is 20.4. The van der Waals surface area contributed by atoms with E-state index in [2.05, 4.69) is 0 Å². The molecule has 3 fully saturated rings. The lowest BCUT2D eigenvalue weighted by Crippen LogP contribution is -2.53. The third-order valence-electron chi connectivity index (χ3n) is 6.82. The molecule has 6 nitrogen and oxygen atoms in total. The van der Waals surface area contributed by atoms with E-state index in [1.807, 2.05) is 9.80 Å². The first-order chi connectivity index (χ1) is 14.0. The van der Waals surface area contributed by atoms with Crippen LogP contribution < -0.4 is 0 Å². The Morgan fingerprint density at radius 2 is 1.93 bits per heavy atom. The number of likely N-dealkylation sites (tertiary alicyclic amines) is 2. The van der Waals surface area contributed by atoms with Crippen molar-refractivity contribution in [3.05, 3.63) is 35.4 Å². The van der Waals surface area contributed by atoms with Crippen LogP contribution in [-0.4, -0.2) is 66.3 Å². The quantitative estimate of drug-likeness (QED) is 0.732. The van der Waals surface area contributed by atoms with E-state index in [9.17, 15) is 14.4 Å². The maximum atomic E-state index is 12.9. The summed E-state index contributed by atoms with van der Waals surface area (Å²) in [5.74, 6) is 0.201. The predicted molar refractivity (Wildman–Crippen MR) is 109 cm³/mol. The average molecular weight is 399 g/mol. The number of benzene rings is 1. The van der Waals surface area contributed by atoms with Crippen molar-refractivity contribution in [3.8, 4) is 0 Å². The molecule has 6 heteroatoms. The Kier molecular flexibility index (Phi) is 5.72. The van der Waals surface area contributed by atoms with Crippen LogP contribution in [0.3, 0.4) is 0 Å². The van der Waals surface area contributed by atoms with Crippen LogP contribution in [0.1, 0.15) is 66.2 Å². The number of hydrogen-bond acceptors (Lipinski definition) is 4. The van der Waals surface area contributed by atoms with Crippen molar-refractivity contribution in [1.29, 1.82) is 0 Å². The largest absolute Gasteiger partial charge is 0.376 e. The van der Waals surface area contributed by atoms with E-state index in [1.54, 1.807) is 24.3 Å². The molecule has 0 saturated carbocycles. The number of piperidine rings is 2. The summed E-state index contributed by atoms with van der Waals surface area (Å²) in [5, 5.41) is 0. The lowest BCUT2D eigenvalue weighted by molar-refractivity contribution is -0.141. The van der Waals surface area contributed by atoms with Crippen molar-refractivity contribution in [2.24, 2.45) is 5.41 Å². The van der Waals surface area contributed by atoms with Gasteiger partial charge in [0.2, 0.25) is 5.91 Å². The molecule has 1 aromatic rings. The summed E-state index contributed by atoms with van der Waals surface area (Å²) in [7, 11) is 0. The number of hydrogen-bond donors (Lipinski definition) is 0. The summed E-state index contributed by atoms with van der Waals surface area (Å²) in [6.45, 7) is 5.21. The number of rotatable bonds is 4. The molecule has 3 heterocycles. The number of nitrogens with zero attached hydrogens (tertiary/aromatic N) is 2. The first kappa shape index (κ1) is 20.1. The van der Waals surface area contributed by atoms with Gasteiger partial charge in [0.25, 0.3) is 5.91 Å². The third-order valence-corrected chi connectivity index (χ3v) is 6.82. The predicted octanol–water partition coefficient (Wildman–Crippen LogP) is 2.91. The Hall–Kier alpha value is -2.21. The Bertz CT molecular complexity index is 792. The maximum absolute atomic E-state index is 12.9.